The standard InChI is InChI=1S/C17H17NO4/c1-10-3-5-11(6-4-10)18-9-17-8-7-12(22-17)13(16(20)21-2)14(17)15(18)19/h3-8,12-14H,9H2,1-2H3/t12-,13+,14+,17-/m1/s1. The van der Waals surface area contributed by atoms with Crippen LogP contribution in [0.3, 0.4) is 0 Å². The van der Waals surface area contributed by atoms with Crippen molar-refractivity contribution in [1.82, 2.24) is 0 Å². The van der Waals surface area contributed by atoms with Gasteiger partial charge in [0.15, 0.2) is 0 Å². The number of esters is 1. The molecule has 1 aromatic rings. The van der Waals surface area contributed by atoms with Gasteiger partial charge in [-0.05, 0) is 19.1 Å². The summed E-state index contributed by atoms with van der Waals surface area (Å²) < 4.78 is 10.9. The molecule has 3 aliphatic heterocycles. The zero-order valence-electron chi connectivity index (χ0n) is 12.5. The summed E-state index contributed by atoms with van der Waals surface area (Å²) in [5, 5.41) is 0. The van der Waals surface area contributed by atoms with Crippen LogP contribution in [0.15, 0.2) is 36.4 Å². The minimum atomic E-state index is -0.689. The van der Waals surface area contributed by atoms with Crippen molar-refractivity contribution in [2.24, 2.45) is 11.8 Å². The highest BCUT2D eigenvalue weighted by Crippen LogP contribution is 2.52. The van der Waals surface area contributed by atoms with Crippen LogP contribution in [0.25, 0.3) is 0 Å². The number of nitrogens with zero attached hydrogens (tertiary/aromatic N) is 1. The van der Waals surface area contributed by atoms with E-state index in [9.17, 15) is 9.59 Å². The van der Waals surface area contributed by atoms with Crippen molar-refractivity contribution in [3.05, 3.63) is 42.0 Å². The van der Waals surface area contributed by atoms with E-state index < -0.39 is 17.4 Å². The summed E-state index contributed by atoms with van der Waals surface area (Å²) in [7, 11) is 1.35. The average molecular weight is 299 g/mol. The largest absolute Gasteiger partial charge is 0.469 e. The molecule has 5 nitrogen and oxygen atoms in total. The van der Waals surface area contributed by atoms with Gasteiger partial charge in [0.25, 0.3) is 0 Å². The molecule has 0 radical (unpaired) electrons. The Morgan fingerprint density at radius 2 is 2.09 bits per heavy atom. The van der Waals surface area contributed by atoms with Gasteiger partial charge in [-0.3, -0.25) is 9.59 Å². The summed E-state index contributed by atoms with van der Waals surface area (Å²) in [5.74, 6) is -1.47. The predicted octanol–water partition coefficient (Wildman–Crippen LogP) is 1.45. The molecule has 0 unspecified atom stereocenters. The minimum Gasteiger partial charge on any atom is -0.469 e. The van der Waals surface area contributed by atoms with Crippen molar-refractivity contribution in [1.29, 1.82) is 0 Å². The maximum absolute atomic E-state index is 12.9. The Labute approximate surface area is 128 Å². The fraction of sp³-hybridized carbons (Fsp3) is 0.412. The Morgan fingerprint density at radius 3 is 2.77 bits per heavy atom. The second kappa shape index (κ2) is 4.43. The van der Waals surface area contributed by atoms with Gasteiger partial charge in [0, 0.05) is 5.69 Å². The second-order valence-corrected chi connectivity index (χ2v) is 6.18. The first-order chi connectivity index (χ1) is 10.6. The molecule has 2 bridgehead atoms. The first-order valence-corrected chi connectivity index (χ1v) is 7.39. The number of anilines is 1. The molecule has 1 amide bonds. The SMILES string of the molecule is COC(=O)[C@@H]1[C@H]2C(=O)N(c3ccc(C)cc3)C[C@]23C=C[C@H]1O3. The van der Waals surface area contributed by atoms with Crippen LogP contribution in [0.4, 0.5) is 5.69 Å². The molecule has 0 aromatic heterocycles. The minimum absolute atomic E-state index is 0.0638. The normalized spacial score (nSPS) is 35.1. The molecular formula is C17H17NO4. The highest BCUT2D eigenvalue weighted by molar-refractivity contribution is 6.02. The van der Waals surface area contributed by atoms with Crippen molar-refractivity contribution in [2.75, 3.05) is 18.6 Å². The van der Waals surface area contributed by atoms with Gasteiger partial charge in [-0.1, -0.05) is 29.8 Å². The summed E-state index contributed by atoms with van der Waals surface area (Å²) in [5.41, 5.74) is 1.28. The number of methoxy groups -OCH3 is 1. The van der Waals surface area contributed by atoms with Crippen molar-refractivity contribution in [3.63, 3.8) is 0 Å². The van der Waals surface area contributed by atoms with E-state index in [1.165, 1.54) is 7.11 Å². The smallest absolute Gasteiger partial charge is 0.312 e. The lowest BCUT2D eigenvalue weighted by Crippen LogP contribution is -2.39. The predicted molar refractivity (Wildman–Crippen MR) is 79.3 cm³/mol. The summed E-state index contributed by atoms with van der Waals surface area (Å²) >= 11 is 0. The lowest BCUT2D eigenvalue weighted by atomic mass is 9.77. The highest BCUT2D eigenvalue weighted by Gasteiger charge is 2.67. The Hall–Kier alpha value is -2.14. The third kappa shape index (κ3) is 1.63. The van der Waals surface area contributed by atoms with Crippen molar-refractivity contribution in [2.45, 2.75) is 18.6 Å². The second-order valence-electron chi connectivity index (χ2n) is 6.18. The van der Waals surface area contributed by atoms with E-state index >= 15 is 0 Å². The molecule has 0 N–H and O–H groups in total. The van der Waals surface area contributed by atoms with Crippen LogP contribution in [-0.2, 0) is 19.1 Å². The Balaban J connectivity index is 1.71. The molecule has 2 saturated heterocycles. The number of amides is 1. The van der Waals surface area contributed by atoms with Crippen LogP contribution >= 0.6 is 0 Å². The number of carbonyl (C=O) groups is 2. The zero-order chi connectivity index (χ0) is 15.5. The van der Waals surface area contributed by atoms with Gasteiger partial charge < -0.3 is 14.4 Å². The number of carbonyl (C=O) groups excluding carboxylic acids is 2. The molecule has 1 spiro atoms. The van der Waals surface area contributed by atoms with Crippen LogP contribution < -0.4 is 4.90 Å². The van der Waals surface area contributed by atoms with Gasteiger partial charge in [0.1, 0.15) is 11.5 Å². The summed E-state index contributed by atoms with van der Waals surface area (Å²) in [4.78, 5) is 26.7. The Kier molecular flexibility index (Phi) is 2.72. The quantitative estimate of drug-likeness (QED) is 0.613. The van der Waals surface area contributed by atoms with E-state index in [2.05, 4.69) is 0 Å². The first-order valence-electron chi connectivity index (χ1n) is 7.39. The number of fused-ring (bicyclic) bond motifs is 1. The monoisotopic (exact) mass is 299 g/mol. The first kappa shape index (κ1) is 13.5. The van der Waals surface area contributed by atoms with Gasteiger partial charge >= 0.3 is 5.97 Å². The van der Waals surface area contributed by atoms with Crippen LogP contribution in [0.1, 0.15) is 5.56 Å². The molecule has 4 atom stereocenters. The van der Waals surface area contributed by atoms with Gasteiger partial charge in [-0.15, -0.1) is 0 Å². The molecule has 3 heterocycles. The topological polar surface area (TPSA) is 55.8 Å². The fourth-order valence-corrected chi connectivity index (χ4v) is 3.85. The number of ether oxygens (including phenoxy) is 2. The molecule has 0 aliphatic carbocycles. The van der Waals surface area contributed by atoms with Crippen LogP contribution in [-0.4, -0.2) is 37.2 Å². The molecule has 2 fully saturated rings. The summed E-state index contributed by atoms with van der Waals surface area (Å²) in [6, 6.07) is 7.79. The van der Waals surface area contributed by atoms with Gasteiger partial charge in [-0.2, -0.15) is 0 Å². The van der Waals surface area contributed by atoms with Crippen LogP contribution in [0.5, 0.6) is 0 Å². The maximum atomic E-state index is 12.9. The lowest BCUT2D eigenvalue weighted by Gasteiger charge is -2.22. The Morgan fingerprint density at radius 1 is 1.36 bits per heavy atom. The van der Waals surface area contributed by atoms with Crippen LogP contribution in [0.2, 0.25) is 0 Å². The zero-order valence-corrected chi connectivity index (χ0v) is 12.5. The maximum Gasteiger partial charge on any atom is 0.312 e. The summed E-state index contributed by atoms with van der Waals surface area (Å²) in [6.07, 6.45) is 3.47. The fourth-order valence-electron chi connectivity index (χ4n) is 3.85. The van der Waals surface area contributed by atoms with Gasteiger partial charge in [0.05, 0.1) is 25.7 Å². The van der Waals surface area contributed by atoms with E-state index in [0.29, 0.717) is 6.54 Å². The number of rotatable bonds is 2. The number of benzene rings is 1. The highest BCUT2D eigenvalue weighted by atomic mass is 16.5. The molecule has 114 valence electrons. The Bertz CT molecular complexity index is 680. The average Bonchev–Trinajstić information content (AvgIpc) is 3.16. The molecule has 1 aromatic carbocycles. The molecular weight excluding hydrogens is 282 g/mol. The van der Waals surface area contributed by atoms with Gasteiger partial charge in [0.2, 0.25) is 5.91 Å². The number of hydrogen-bond donors (Lipinski definition) is 0. The van der Waals surface area contributed by atoms with E-state index in [-0.39, 0.29) is 18.0 Å². The van der Waals surface area contributed by atoms with E-state index in [1.807, 2.05) is 43.3 Å². The lowest BCUT2D eigenvalue weighted by molar-refractivity contribution is -0.149. The van der Waals surface area contributed by atoms with Crippen LogP contribution in [0, 0.1) is 18.8 Å². The number of aryl methyl sites for hydroxylation is 1. The number of hydrogen-bond acceptors (Lipinski definition) is 4. The van der Waals surface area contributed by atoms with Gasteiger partial charge in [-0.25, -0.2) is 0 Å². The van der Waals surface area contributed by atoms with E-state index in [0.717, 1.165) is 11.3 Å². The summed E-state index contributed by atoms with van der Waals surface area (Å²) in [6.45, 7) is 2.45. The molecule has 5 heteroatoms. The third-order valence-corrected chi connectivity index (χ3v) is 4.92. The molecule has 22 heavy (non-hydrogen) atoms. The molecule has 0 saturated carbocycles. The van der Waals surface area contributed by atoms with Crippen molar-refractivity contribution < 1.29 is 19.1 Å². The van der Waals surface area contributed by atoms with Crippen molar-refractivity contribution >= 4 is 17.6 Å². The van der Waals surface area contributed by atoms with Crippen molar-refractivity contribution in [3.8, 4) is 0 Å². The molecule has 3 aliphatic rings. The third-order valence-electron chi connectivity index (χ3n) is 4.92. The molecule has 4 rings (SSSR count). The van der Waals surface area contributed by atoms with E-state index in [4.69, 9.17) is 9.47 Å². The van der Waals surface area contributed by atoms with E-state index in [1.54, 1.807) is 4.90 Å².